The molecular formula is C20H28N2O3S. The molecule has 3 aliphatic rings. The maximum atomic E-state index is 12.6. The highest BCUT2D eigenvalue weighted by Gasteiger charge is 2.45. The molecule has 0 aromatic heterocycles. The number of piperidine rings is 1. The van der Waals surface area contributed by atoms with Crippen molar-refractivity contribution in [3.05, 3.63) is 17.7 Å². The molecule has 142 valence electrons. The molecule has 0 unspecified atom stereocenters. The number of hydrogen-bond donors (Lipinski definition) is 0. The van der Waals surface area contributed by atoms with Crippen molar-refractivity contribution in [1.82, 2.24) is 4.90 Å². The SMILES string of the molecule is COc1ccc2c3c1SCCCN3[C@H]1CCN(C(=O)OC(C)(C)C)C[C@@H]21. The van der Waals surface area contributed by atoms with Crippen LogP contribution in [0.3, 0.4) is 0 Å². The quantitative estimate of drug-likeness (QED) is 0.738. The molecule has 1 aromatic rings. The number of anilines is 1. The number of fused-ring (bicyclic) bond motifs is 3. The Balaban J connectivity index is 1.65. The molecule has 1 saturated heterocycles. The van der Waals surface area contributed by atoms with Gasteiger partial charge in [0.05, 0.1) is 17.7 Å². The van der Waals surface area contributed by atoms with Crippen molar-refractivity contribution in [3.8, 4) is 5.75 Å². The molecular weight excluding hydrogens is 348 g/mol. The van der Waals surface area contributed by atoms with Crippen LogP contribution >= 0.6 is 11.8 Å². The summed E-state index contributed by atoms with van der Waals surface area (Å²) in [6, 6.07) is 4.78. The molecule has 0 bridgehead atoms. The molecule has 1 fully saturated rings. The van der Waals surface area contributed by atoms with Gasteiger partial charge in [-0.05, 0) is 51.0 Å². The normalized spacial score (nSPS) is 24.6. The van der Waals surface area contributed by atoms with E-state index >= 15 is 0 Å². The van der Waals surface area contributed by atoms with Gasteiger partial charge in [0.15, 0.2) is 0 Å². The first-order chi connectivity index (χ1) is 12.4. The summed E-state index contributed by atoms with van der Waals surface area (Å²) in [7, 11) is 1.75. The van der Waals surface area contributed by atoms with Crippen LogP contribution in [0, 0.1) is 0 Å². The molecule has 4 rings (SSSR count). The molecule has 3 aliphatic heterocycles. The van der Waals surface area contributed by atoms with Gasteiger partial charge in [-0.2, -0.15) is 0 Å². The smallest absolute Gasteiger partial charge is 0.410 e. The van der Waals surface area contributed by atoms with E-state index < -0.39 is 5.60 Å². The summed E-state index contributed by atoms with van der Waals surface area (Å²) in [5, 5.41) is 0. The van der Waals surface area contributed by atoms with Crippen molar-refractivity contribution in [1.29, 1.82) is 0 Å². The van der Waals surface area contributed by atoms with Gasteiger partial charge in [0.1, 0.15) is 11.4 Å². The van der Waals surface area contributed by atoms with Crippen LogP contribution in [0.5, 0.6) is 5.75 Å². The highest BCUT2D eigenvalue weighted by atomic mass is 32.2. The largest absolute Gasteiger partial charge is 0.496 e. The Bertz CT molecular complexity index is 716. The molecule has 0 spiro atoms. The van der Waals surface area contributed by atoms with Gasteiger partial charge < -0.3 is 19.3 Å². The van der Waals surface area contributed by atoms with E-state index in [2.05, 4.69) is 17.0 Å². The fourth-order valence-corrected chi connectivity index (χ4v) is 5.57. The number of nitrogens with zero attached hydrogens (tertiary/aromatic N) is 2. The van der Waals surface area contributed by atoms with Gasteiger partial charge in [-0.1, -0.05) is 6.07 Å². The number of amides is 1. The molecule has 0 N–H and O–H groups in total. The Labute approximate surface area is 160 Å². The highest BCUT2D eigenvalue weighted by Crippen LogP contribution is 2.53. The van der Waals surface area contributed by atoms with Crippen molar-refractivity contribution in [2.45, 2.75) is 56.1 Å². The Morgan fingerprint density at radius 2 is 2.08 bits per heavy atom. The molecule has 0 aliphatic carbocycles. The minimum Gasteiger partial charge on any atom is -0.496 e. The Morgan fingerprint density at radius 3 is 2.81 bits per heavy atom. The van der Waals surface area contributed by atoms with Crippen molar-refractivity contribution >= 4 is 23.5 Å². The van der Waals surface area contributed by atoms with Gasteiger partial charge in [0, 0.05) is 31.6 Å². The molecule has 1 aromatic carbocycles. The lowest BCUT2D eigenvalue weighted by Crippen LogP contribution is -2.49. The van der Waals surface area contributed by atoms with Gasteiger partial charge in [0.25, 0.3) is 0 Å². The third kappa shape index (κ3) is 3.02. The maximum Gasteiger partial charge on any atom is 0.410 e. The van der Waals surface area contributed by atoms with Crippen molar-refractivity contribution < 1.29 is 14.3 Å². The van der Waals surface area contributed by atoms with E-state index in [1.807, 2.05) is 37.4 Å². The third-order valence-corrected chi connectivity index (χ3v) is 6.63. The minimum atomic E-state index is -0.453. The molecule has 0 saturated carbocycles. The number of benzene rings is 1. The molecule has 5 nitrogen and oxygen atoms in total. The topological polar surface area (TPSA) is 42.0 Å². The number of carbonyl (C=O) groups is 1. The predicted molar refractivity (Wildman–Crippen MR) is 105 cm³/mol. The fraction of sp³-hybridized carbons (Fsp3) is 0.650. The lowest BCUT2D eigenvalue weighted by molar-refractivity contribution is 0.0189. The van der Waals surface area contributed by atoms with Gasteiger partial charge >= 0.3 is 6.09 Å². The maximum absolute atomic E-state index is 12.6. The van der Waals surface area contributed by atoms with Crippen molar-refractivity contribution in [2.75, 3.05) is 37.4 Å². The second kappa shape index (κ2) is 6.55. The van der Waals surface area contributed by atoms with Crippen molar-refractivity contribution in [3.63, 3.8) is 0 Å². The zero-order valence-corrected chi connectivity index (χ0v) is 16.9. The Morgan fingerprint density at radius 1 is 1.27 bits per heavy atom. The highest BCUT2D eigenvalue weighted by molar-refractivity contribution is 7.99. The number of methoxy groups -OCH3 is 1. The van der Waals surface area contributed by atoms with Crippen LogP contribution in [0.2, 0.25) is 0 Å². The number of ether oxygens (including phenoxy) is 2. The monoisotopic (exact) mass is 376 g/mol. The second-order valence-electron chi connectivity index (χ2n) is 8.32. The van der Waals surface area contributed by atoms with E-state index in [9.17, 15) is 4.79 Å². The van der Waals surface area contributed by atoms with Gasteiger partial charge in [-0.15, -0.1) is 11.8 Å². The van der Waals surface area contributed by atoms with Crippen LogP contribution in [0.1, 0.15) is 45.1 Å². The second-order valence-corrected chi connectivity index (χ2v) is 9.42. The number of hydrogen-bond acceptors (Lipinski definition) is 5. The number of likely N-dealkylation sites (tertiary alicyclic amines) is 1. The van der Waals surface area contributed by atoms with Crippen LogP contribution in [-0.4, -0.2) is 55.1 Å². The van der Waals surface area contributed by atoms with Crippen LogP contribution in [0.15, 0.2) is 17.0 Å². The van der Waals surface area contributed by atoms with E-state index in [0.29, 0.717) is 12.0 Å². The summed E-state index contributed by atoms with van der Waals surface area (Å²) in [4.78, 5) is 18.3. The summed E-state index contributed by atoms with van der Waals surface area (Å²) >= 11 is 1.91. The summed E-state index contributed by atoms with van der Waals surface area (Å²) in [5.41, 5.74) is 2.27. The lowest BCUT2D eigenvalue weighted by atomic mass is 9.89. The first kappa shape index (κ1) is 17.8. The van der Waals surface area contributed by atoms with Crippen LogP contribution < -0.4 is 9.64 Å². The summed E-state index contributed by atoms with van der Waals surface area (Å²) in [6.45, 7) is 8.36. The Kier molecular flexibility index (Phi) is 4.49. The standard InChI is InChI=1S/C20H28N2O3S/c1-20(2,3)25-19(23)21-10-8-15-14(12-21)13-6-7-16(24-4)18-17(13)22(15)9-5-11-26-18/h6-7,14-15H,5,8-12H2,1-4H3/t14-,15-/m0/s1. The van der Waals surface area contributed by atoms with Gasteiger partial charge in [-0.3, -0.25) is 0 Å². The van der Waals surface area contributed by atoms with Crippen LogP contribution in [0.25, 0.3) is 0 Å². The molecule has 6 heteroatoms. The van der Waals surface area contributed by atoms with E-state index in [4.69, 9.17) is 9.47 Å². The fourth-order valence-electron chi connectivity index (χ4n) is 4.43. The van der Waals surface area contributed by atoms with Crippen LogP contribution in [0.4, 0.5) is 10.5 Å². The zero-order valence-electron chi connectivity index (χ0n) is 16.1. The van der Waals surface area contributed by atoms with Crippen LogP contribution in [-0.2, 0) is 4.74 Å². The summed E-state index contributed by atoms with van der Waals surface area (Å²) in [5.74, 6) is 2.46. The number of thioether (sulfide) groups is 1. The van der Waals surface area contributed by atoms with Gasteiger partial charge in [0.2, 0.25) is 0 Å². The van der Waals surface area contributed by atoms with Crippen molar-refractivity contribution in [2.24, 2.45) is 0 Å². The first-order valence-corrected chi connectivity index (χ1v) is 10.5. The molecule has 3 heterocycles. The van der Waals surface area contributed by atoms with E-state index in [1.165, 1.54) is 22.6 Å². The van der Waals surface area contributed by atoms with E-state index in [0.717, 1.165) is 37.6 Å². The van der Waals surface area contributed by atoms with E-state index in [-0.39, 0.29) is 6.09 Å². The van der Waals surface area contributed by atoms with E-state index in [1.54, 1.807) is 7.11 Å². The number of carbonyl (C=O) groups excluding carboxylic acids is 1. The average molecular weight is 377 g/mol. The molecule has 2 atom stereocenters. The minimum absolute atomic E-state index is 0.189. The summed E-state index contributed by atoms with van der Waals surface area (Å²) < 4.78 is 11.2. The summed E-state index contributed by atoms with van der Waals surface area (Å²) in [6.07, 6.45) is 1.98. The lowest BCUT2D eigenvalue weighted by Gasteiger charge is -2.39. The number of rotatable bonds is 1. The Hall–Kier alpha value is -1.56. The zero-order chi connectivity index (χ0) is 18.5. The van der Waals surface area contributed by atoms with Gasteiger partial charge in [-0.25, -0.2) is 4.79 Å². The molecule has 0 radical (unpaired) electrons. The predicted octanol–water partition coefficient (Wildman–Crippen LogP) is 4.10. The average Bonchev–Trinajstić information content (AvgIpc) is 2.74. The molecule has 26 heavy (non-hydrogen) atoms. The third-order valence-electron chi connectivity index (χ3n) is 5.45. The molecule has 1 amide bonds. The first-order valence-electron chi connectivity index (χ1n) is 9.47.